The van der Waals surface area contributed by atoms with Gasteiger partial charge in [-0.2, -0.15) is 26.3 Å². The highest BCUT2D eigenvalue weighted by molar-refractivity contribution is 5.81. The molecule has 3 heterocycles. The maximum Gasteiger partial charge on any atom is 0.490 e. The first-order valence-corrected chi connectivity index (χ1v) is 15.9. The minimum Gasteiger partial charge on any atom is -0.475 e. The first kappa shape index (κ1) is 40.7. The van der Waals surface area contributed by atoms with Crippen LogP contribution in [-0.4, -0.2) is 81.5 Å². The number of aromatic nitrogens is 3. The van der Waals surface area contributed by atoms with Crippen LogP contribution < -0.4 is 16.0 Å². The van der Waals surface area contributed by atoms with E-state index in [0.29, 0.717) is 11.4 Å². The van der Waals surface area contributed by atoms with E-state index in [2.05, 4.69) is 84.2 Å². The Morgan fingerprint density at radius 1 is 0.765 bits per heavy atom. The van der Waals surface area contributed by atoms with Crippen LogP contribution in [0.1, 0.15) is 57.7 Å². The smallest absolute Gasteiger partial charge is 0.475 e. The Balaban J connectivity index is 0.000000424. The first-order valence-electron chi connectivity index (χ1n) is 15.9. The number of carboxylic acids is 2. The van der Waals surface area contributed by atoms with Crippen molar-refractivity contribution in [3.63, 3.8) is 0 Å². The second kappa shape index (κ2) is 17.4. The highest BCUT2D eigenvalue weighted by atomic mass is 19.4. The average molecular weight is 729 g/mol. The lowest BCUT2D eigenvalue weighted by Crippen LogP contribution is -2.21. The summed E-state index contributed by atoms with van der Waals surface area (Å²) in [5, 5.41) is 33.7. The molecule has 5 rings (SSSR count). The summed E-state index contributed by atoms with van der Waals surface area (Å²) in [5.41, 5.74) is 7.15. The minimum atomic E-state index is -5.08. The number of halogens is 7. The Morgan fingerprint density at radius 2 is 1.20 bits per heavy atom. The number of alkyl halides is 6. The molecule has 0 spiro atoms. The van der Waals surface area contributed by atoms with Crippen LogP contribution in [0.3, 0.4) is 0 Å². The highest BCUT2D eigenvalue weighted by Crippen LogP contribution is 2.36. The Hall–Kier alpha value is -4.77. The fourth-order valence-electron chi connectivity index (χ4n) is 5.18. The molecular formula is C34H39F7N6O4. The number of rotatable bonds is 7. The van der Waals surface area contributed by atoms with Crippen molar-refractivity contribution in [3.05, 3.63) is 65.5 Å². The zero-order valence-corrected chi connectivity index (χ0v) is 28.2. The summed E-state index contributed by atoms with van der Waals surface area (Å²) < 4.78 is 81.0. The standard InChI is InChI=1S/C30H37FN6.2C2HF3O2/c1-19(2)34-28-18-24(22-11-15-33-16-12-22)6-8-26(28)30-36-35-29(37(30)20(3)4)25-7-5-23(17-27(25)31)21-9-13-32-14-10-21;2*3-2(4,5)1(6)7/h5-9,11,17-20,32-34H,10,12-16H2,1-4H3;2*(H,6,7). The second-order valence-corrected chi connectivity index (χ2v) is 12.0. The van der Waals surface area contributed by atoms with Crippen molar-refractivity contribution in [2.75, 3.05) is 31.5 Å². The molecule has 0 amide bonds. The number of carboxylic acid groups (broad SMARTS) is 2. The molecule has 278 valence electrons. The second-order valence-electron chi connectivity index (χ2n) is 12.0. The molecule has 0 fully saturated rings. The van der Waals surface area contributed by atoms with Crippen LogP contribution in [0.4, 0.5) is 36.4 Å². The summed E-state index contributed by atoms with van der Waals surface area (Å²) in [7, 11) is 0. The Kier molecular flexibility index (Phi) is 13.9. The summed E-state index contributed by atoms with van der Waals surface area (Å²) in [6.45, 7) is 12.1. The Bertz CT molecular complexity index is 1720. The molecule has 2 aromatic carbocycles. The molecular weight excluding hydrogens is 689 g/mol. The molecule has 0 aliphatic carbocycles. The van der Waals surface area contributed by atoms with Crippen molar-refractivity contribution in [2.24, 2.45) is 0 Å². The minimum absolute atomic E-state index is 0.0462. The molecule has 0 atom stereocenters. The lowest BCUT2D eigenvalue weighted by Gasteiger charge is -2.21. The van der Waals surface area contributed by atoms with E-state index in [1.54, 1.807) is 6.07 Å². The summed E-state index contributed by atoms with van der Waals surface area (Å²) in [6.07, 6.45) is -3.85. The zero-order valence-electron chi connectivity index (χ0n) is 28.2. The molecule has 0 bridgehead atoms. The Morgan fingerprint density at radius 3 is 1.57 bits per heavy atom. The van der Waals surface area contributed by atoms with Crippen LogP contribution in [0.15, 0.2) is 48.6 Å². The van der Waals surface area contributed by atoms with Crippen LogP contribution in [0.5, 0.6) is 0 Å². The lowest BCUT2D eigenvalue weighted by molar-refractivity contribution is -0.193. The number of nitrogens with one attached hydrogen (secondary N) is 3. The number of anilines is 1. The third-order valence-electron chi connectivity index (χ3n) is 7.48. The van der Waals surface area contributed by atoms with Crippen LogP contribution in [-0.2, 0) is 9.59 Å². The third-order valence-corrected chi connectivity index (χ3v) is 7.48. The van der Waals surface area contributed by atoms with E-state index in [-0.39, 0.29) is 17.9 Å². The number of nitrogens with zero attached hydrogens (tertiary/aromatic N) is 3. The molecule has 0 saturated heterocycles. The summed E-state index contributed by atoms with van der Waals surface area (Å²) in [6, 6.07) is 12.3. The van der Waals surface area contributed by atoms with E-state index in [1.807, 2.05) is 16.7 Å². The fraction of sp³-hybridized carbons (Fsp3) is 0.412. The van der Waals surface area contributed by atoms with Gasteiger partial charge in [0.2, 0.25) is 0 Å². The van der Waals surface area contributed by atoms with Gasteiger partial charge in [-0.15, -0.1) is 10.2 Å². The number of hydrogen-bond donors (Lipinski definition) is 5. The molecule has 3 aromatic rings. The quantitative estimate of drug-likeness (QED) is 0.160. The van der Waals surface area contributed by atoms with E-state index in [9.17, 15) is 26.3 Å². The summed E-state index contributed by atoms with van der Waals surface area (Å²) in [4.78, 5) is 17.8. The van der Waals surface area contributed by atoms with Gasteiger partial charge in [-0.25, -0.2) is 14.0 Å². The lowest BCUT2D eigenvalue weighted by atomic mass is 9.97. The summed E-state index contributed by atoms with van der Waals surface area (Å²) in [5.74, 6) is -4.50. The molecule has 2 aliphatic rings. The molecule has 0 radical (unpaired) electrons. The van der Waals surface area contributed by atoms with Crippen LogP contribution in [0.25, 0.3) is 33.9 Å². The van der Waals surface area contributed by atoms with Crippen LogP contribution >= 0.6 is 0 Å². The van der Waals surface area contributed by atoms with Crippen LogP contribution in [0.2, 0.25) is 0 Å². The number of hydrogen-bond acceptors (Lipinski definition) is 7. The van der Waals surface area contributed by atoms with Gasteiger partial charge in [-0.1, -0.05) is 24.3 Å². The van der Waals surface area contributed by atoms with Gasteiger partial charge in [0.15, 0.2) is 11.6 Å². The Labute approximate surface area is 289 Å². The molecule has 5 N–H and O–H groups in total. The van der Waals surface area contributed by atoms with Crippen molar-refractivity contribution in [1.29, 1.82) is 0 Å². The third kappa shape index (κ3) is 11.4. The van der Waals surface area contributed by atoms with Crippen molar-refractivity contribution in [3.8, 4) is 22.8 Å². The van der Waals surface area contributed by atoms with Crippen LogP contribution in [0, 0.1) is 5.82 Å². The van der Waals surface area contributed by atoms with E-state index in [1.165, 1.54) is 16.7 Å². The van der Waals surface area contributed by atoms with Gasteiger partial charge in [0, 0.05) is 36.4 Å². The SMILES string of the molecule is CC(C)Nc1cc(C2=CCNCC2)ccc1-c1nnc(-c2ccc(C3=CCNCC3)cc2F)n1C(C)C.O=C(O)C(F)(F)F.O=C(O)C(F)(F)F. The van der Waals surface area contributed by atoms with E-state index in [4.69, 9.17) is 19.8 Å². The number of carbonyl (C=O) groups is 2. The van der Waals surface area contributed by atoms with Gasteiger partial charge < -0.3 is 30.7 Å². The maximum absolute atomic E-state index is 15.5. The van der Waals surface area contributed by atoms with E-state index < -0.39 is 24.3 Å². The van der Waals surface area contributed by atoms with E-state index >= 15 is 4.39 Å². The number of aliphatic carboxylic acids is 2. The highest BCUT2D eigenvalue weighted by Gasteiger charge is 2.39. The zero-order chi connectivity index (χ0) is 38.1. The molecule has 2 aliphatic heterocycles. The van der Waals surface area contributed by atoms with Gasteiger partial charge in [-0.05, 0) is 100 Å². The average Bonchev–Trinajstić information content (AvgIpc) is 3.50. The fourth-order valence-corrected chi connectivity index (χ4v) is 5.18. The first-order chi connectivity index (χ1) is 23.8. The van der Waals surface area contributed by atoms with Gasteiger partial charge in [0.05, 0.1) is 5.56 Å². The van der Waals surface area contributed by atoms with Crippen molar-refractivity contribution >= 4 is 28.8 Å². The van der Waals surface area contributed by atoms with Gasteiger partial charge in [-0.3, -0.25) is 0 Å². The van der Waals surface area contributed by atoms with Crippen molar-refractivity contribution in [2.45, 2.75) is 65.0 Å². The molecule has 0 unspecified atom stereocenters. The normalized spacial score (nSPS) is 14.8. The number of benzene rings is 2. The molecule has 51 heavy (non-hydrogen) atoms. The largest absolute Gasteiger partial charge is 0.490 e. The van der Waals surface area contributed by atoms with Gasteiger partial charge >= 0.3 is 24.3 Å². The molecule has 10 nitrogen and oxygen atoms in total. The van der Waals surface area contributed by atoms with Crippen molar-refractivity contribution < 1.29 is 50.5 Å². The van der Waals surface area contributed by atoms with Gasteiger partial charge in [0.1, 0.15) is 5.82 Å². The predicted molar refractivity (Wildman–Crippen MR) is 178 cm³/mol. The monoisotopic (exact) mass is 728 g/mol. The van der Waals surface area contributed by atoms with Gasteiger partial charge in [0.25, 0.3) is 0 Å². The van der Waals surface area contributed by atoms with E-state index in [0.717, 1.165) is 61.7 Å². The molecule has 17 heteroatoms. The maximum atomic E-state index is 15.5. The molecule has 0 saturated carbocycles. The molecule has 1 aromatic heterocycles. The summed E-state index contributed by atoms with van der Waals surface area (Å²) >= 11 is 0. The van der Waals surface area contributed by atoms with Crippen molar-refractivity contribution in [1.82, 2.24) is 25.4 Å². The topological polar surface area (TPSA) is 141 Å². The predicted octanol–water partition coefficient (Wildman–Crippen LogP) is 7.17.